The van der Waals surface area contributed by atoms with Crippen molar-refractivity contribution in [1.29, 1.82) is 0 Å². The Bertz CT molecular complexity index is 277. The van der Waals surface area contributed by atoms with Crippen LogP contribution in [-0.4, -0.2) is 26.9 Å². The second kappa shape index (κ2) is 4.52. The van der Waals surface area contributed by atoms with Gasteiger partial charge in [-0.25, -0.2) is 9.67 Å². The zero-order valence-electron chi connectivity index (χ0n) is 9.03. The number of nitrogens with two attached hydrogens (primary N) is 1. The fourth-order valence-corrected chi connectivity index (χ4v) is 1.07. The van der Waals surface area contributed by atoms with Gasteiger partial charge in [-0.3, -0.25) is 0 Å². The summed E-state index contributed by atoms with van der Waals surface area (Å²) in [5.74, 6) is 0.844. The molecule has 1 aromatic heterocycles. The van der Waals surface area contributed by atoms with Crippen LogP contribution in [0.2, 0.25) is 0 Å². The molecule has 0 unspecified atom stereocenters. The Balaban J connectivity index is 2.38. The van der Waals surface area contributed by atoms with Crippen LogP contribution in [0.25, 0.3) is 0 Å². The van der Waals surface area contributed by atoms with Crippen LogP contribution in [0.1, 0.15) is 26.6 Å². The highest BCUT2D eigenvalue weighted by Crippen LogP contribution is 2.01. The van der Waals surface area contributed by atoms with Gasteiger partial charge in [-0.15, -0.1) is 0 Å². The van der Waals surface area contributed by atoms with E-state index in [1.165, 1.54) is 6.33 Å². The molecule has 0 aliphatic rings. The Morgan fingerprint density at radius 3 is 2.86 bits per heavy atom. The van der Waals surface area contributed by atoms with Crippen LogP contribution in [0.15, 0.2) is 6.33 Å². The predicted molar refractivity (Wildman–Crippen MR) is 53.6 cm³/mol. The van der Waals surface area contributed by atoms with Gasteiger partial charge in [0.1, 0.15) is 12.9 Å². The standard InChI is InChI=1S/C9H18N4O/c1-4-13-8(11-7-12-13)5-14-6-9(2,3)10/h7H,4-6,10H2,1-3H3. The highest BCUT2D eigenvalue weighted by atomic mass is 16.5. The van der Waals surface area contributed by atoms with E-state index in [0.717, 1.165) is 12.4 Å². The smallest absolute Gasteiger partial charge is 0.152 e. The Labute approximate surface area is 84.3 Å². The van der Waals surface area contributed by atoms with Crippen molar-refractivity contribution in [2.75, 3.05) is 6.61 Å². The first-order chi connectivity index (χ1) is 6.53. The van der Waals surface area contributed by atoms with Gasteiger partial charge in [-0.2, -0.15) is 5.10 Å². The highest BCUT2D eigenvalue weighted by Gasteiger charge is 2.11. The Kier molecular flexibility index (Phi) is 3.60. The molecule has 0 aliphatic heterocycles. The molecule has 1 rings (SSSR count). The van der Waals surface area contributed by atoms with Crippen molar-refractivity contribution < 1.29 is 4.74 Å². The normalized spacial score (nSPS) is 12.0. The first-order valence-electron chi connectivity index (χ1n) is 4.76. The van der Waals surface area contributed by atoms with Crippen molar-refractivity contribution >= 4 is 0 Å². The average molecular weight is 198 g/mol. The van der Waals surface area contributed by atoms with E-state index >= 15 is 0 Å². The van der Waals surface area contributed by atoms with E-state index in [1.807, 2.05) is 25.5 Å². The highest BCUT2D eigenvalue weighted by molar-refractivity contribution is 4.81. The third kappa shape index (κ3) is 3.43. The second-order valence-corrected chi connectivity index (χ2v) is 3.97. The van der Waals surface area contributed by atoms with Crippen LogP contribution in [0.5, 0.6) is 0 Å². The molecule has 0 saturated carbocycles. The number of aryl methyl sites for hydroxylation is 1. The Morgan fingerprint density at radius 1 is 1.57 bits per heavy atom. The summed E-state index contributed by atoms with van der Waals surface area (Å²) in [6, 6.07) is 0. The van der Waals surface area contributed by atoms with E-state index < -0.39 is 0 Å². The first kappa shape index (κ1) is 11.1. The van der Waals surface area contributed by atoms with Crippen molar-refractivity contribution in [2.45, 2.75) is 39.5 Å². The minimum Gasteiger partial charge on any atom is -0.372 e. The molecule has 0 amide bonds. The minimum atomic E-state index is -0.295. The van der Waals surface area contributed by atoms with Crippen molar-refractivity contribution in [1.82, 2.24) is 14.8 Å². The maximum absolute atomic E-state index is 5.78. The molecular formula is C9H18N4O. The van der Waals surface area contributed by atoms with Gasteiger partial charge >= 0.3 is 0 Å². The van der Waals surface area contributed by atoms with Gasteiger partial charge in [0.15, 0.2) is 5.82 Å². The van der Waals surface area contributed by atoms with Gasteiger partial charge in [0, 0.05) is 12.1 Å². The van der Waals surface area contributed by atoms with Gasteiger partial charge < -0.3 is 10.5 Å². The molecule has 2 N–H and O–H groups in total. The number of rotatable bonds is 5. The second-order valence-electron chi connectivity index (χ2n) is 3.97. The fraction of sp³-hybridized carbons (Fsp3) is 0.778. The van der Waals surface area contributed by atoms with Crippen LogP contribution >= 0.6 is 0 Å². The lowest BCUT2D eigenvalue weighted by atomic mass is 10.1. The maximum atomic E-state index is 5.78. The van der Waals surface area contributed by atoms with E-state index in [0.29, 0.717) is 13.2 Å². The summed E-state index contributed by atoms with van der Waals surface area (Å²) >= 11 is 0. The number of hydrogen-bond acceptors (Lipinski definition) is 4. The van der Waals surface area contributed by atoms with Crippen molar-refractivity contribution in [2.24, 2.45) is 5.73 Å². The number of hydrogen-bond donors (Lipinski definition) is 1. The third-order valence-electron chi connectivity index (χ3n) is 1.70. The molecule has 0 bridgehead atoms. The monoisotopic (exact) mass is 198 g/mol. The molecule has 0 saturated heterocycles. The molecule has 5 nitrogen and oxygen atoms in total. The molecule has 14 heavy (non-hydrogen) atoms. The lowest BCUT2D eigenvalue weighted by Crippen LogP contribution is -2.37. The molecule has 0 radical (unpaired) electrons. The number of aromatic nitrogens is 3. The van der Waals surface area contributed by atoms with Crippen molar-refractivity contribution in [3.05, 3.63) is 12.2 Å². The van der Waals surface area contributed by atoms with E-state index in [4.69, 9.17) is 10.5 Å². The van der Waals surface area contributed by atoms with Crippen LogP contribution in [0.3, 0.4) is 0 Å². The number of ether oxygens (including phenoxy) is 1. The third-order valence-corrected chi connectivity index (χ3v) is 1.70. The summed E-state index contributed by atoms with van der Waals surface area (Å²) in [6.07, 6.45) is 1.54. The van der Waals surface area contributed by atoms with Gasteiger partial charge in [0.25, 0.3) is 0 Å². The first-order valence-corrected chi connectivity index (χ1v) is 4.76. The Morgan fingerprint density at radius 2 is 2.29 bits per heavy atom. The van der Waals surface area contributed by atoms with Gasteiger partial charge in [-0.05, 0) is 20.8 Å². The summed E-state index contributed by atoms with van der Waals surface area (Å²) in [5, 5.41) is 4.04. The summed E-state index contributed by atoms with van der Waals surface area (Å²) in [5.41, 5.74) is 5.48. The summed E-state index contributed by atoms with van der Waals surface area (Å²) < 4.78 is 7.25. The van der Waals surface area contributed by atoms with E-state index in [9.17, 15) is 0 Å². The zero-order chi connectivity index (χ0) is 10.6. The molecule has 0 aromatic carbocycles. The van der Waals surface area contributed by atoms with Gasteiger partial charge in [-0.1, -0.05) is 0 Å². The van der Waals surface area contributed by atoms with Crippen molar-refractivity contribution in [3.63, 3.8) is 0 Å². The minimum absolute atomic E-state index is 0.295. The van der Waals surface area contributed by atoms with Gasteiger partial charge in [0.05, 0.1) is 6.61 Å². The Hall–Kier alpha value is -0.940. The van der Waals surface area contributed by atoms with E-state index in [-0.39, 0.29) is 5.54 Å². The lowest BCUT2D eigenvalue weighted by Gasteiger charge is -2.17. The molecular weight excluding hydrogens is 180 g/mol. The topological polar surface area (TPSA) is 66.0 Å². The van der Waals surface area contributed by atoms with Crippen LogP contribution in [0, 0.1) is 0 Å². The average Bonchev–Trinajstić information content (AvgIpc) is 2.49. The summed E-state index contributed by atoms with van der Waals surface area (Å²) in [6.45, 7) is 7.67. The maximum Gasteiger partial charge on any atom is 0.152 e. The summed E-state index contributed by atoms with van der Waals surface area (Å²) in [7, 11) is 0. The molecule has 0 aliphatic carbocycles. The zero-order valence-corrected chi connectivity index (χ0v) is 9.03. The lowest BCUT2D eigenvalue weighted by molar-refractivity contribution is 0.0783. The SMILES string of the molecule is CCn1ncnc1COCC(C)(C)N. The predicted octanol–water partition coefficient (Wildman–Crippen LogP) is 0.552. The summed E-state index contributed by atoms with van der Waals surface area (Å²) in [4.78, 5) is 4.09. The van der Waals surface area contributed by atoms with Crippen LogP contribution < -0.4 is 5.73 Å². The molecule has 0 fully saturated rings. The largest absolute Gasteiger partial charge is 0.372 e. The molecule has 80 valence electrons. The molecule has 0 spiro atoms. The quantitative estimate of drug-likeness (QED) is 0.750. The van der Waals surface area contributed by atoms with E-state index in [1.54, 1.807) is 0 Å². The van der Waals surface area contributed by atoms with Crippen LogP contribution in [-0.2, 0) is 17.9 Å². The molecule has 1 aromatic rings. The molecule has 5 heteroatoms. The van der Waals surface area contributed by atoms with Crippen molar-refractivity contribution in [3.8, 4) is 0 Å². The van der Waals surface area contributed by atoms with E-state index in [2.05, 4.69) is 10.1 Å². The molecule has 1 heterocycles. The molecule has 0 atom stereocenters. The number of nitrogens with zero attached hydrogens (tertiary/aromatic N) is 3. The fourth-order valence-electron chi connectivity index (χ4n) is 1.07. The van der Waals surface area contributed by atoms with Crippen LogP contribution in [0.4, 0.5) is 0 Å². The van der Waals surface area contributed by atoms with Gasteiger partial charge in [0.2, 0.25) is 0 Å².